The molecule has 1 fully saturated rings. The van der Waals surface area contributed by atoms with Crippen molar-refractivity contribution in [2.75, 3.05) is 19.6 Å². The Kier molecular flexibility index (Phi) is 7.87. The molecule has 0 aromatic carbocycles. The molecule has 1 saturated carbocycles. The molecule has 0 spiro atoms. The number of unbranched alkanes of at least 4 members (excludes halogenated alkanes) is 4. The lowest BCUT2D eigenvalue weighted by molar-refractivity contribution is 0.519. The standard InChI is InChI=1S/C14H30N2/c1-13(2)12-15-10-6-4-3-5-7-11-16-14-8-9-14/h13-16H,3-12H2,1-2H3. The van der Waals surface area contributed by atoms with Crippen LogP contribution < -0.4 is 10.6 Å². The summed E-state index contributed by atoms with van der Waals surface area (Å²) in [6.45, 7) is 8.15. The Morgan fingerprint density at radius 1 is 0.938 bits per heavy atom. The van der Waals surface area contributed by atoms with Gasteiger partial charge in [0.05, 0.1) is 0 Å². The highest BCUT2D eigenvalue weighted by atomic mass is 14.9. The summed E-state index contributed by atoms with van der Waals surface area (Å²) in [6, 6.07) is 0.889. The molecule has 1 aliphatic carbocycles. The van der Waals surface area contributed by atoms with E-state index in [1.807, 2.05) is 0 Å². The van der Waals surface area contributed by atoms with Crippen molar-refractivity contribution in [2.45, 2.75) is 64.8 Å². The molecule has 2 N–H and O–H groups in total. The summed E-state index contributed by atoms with van der Waals surface area (Å²) in [4.78, 5) is 0. The van der Waals surface area contributed by atoms with Crippen molar-refractivity contribution in [3.05, 3.63) is 0 Å². The monoisotopic (exact) mass is 226 g/mol. The van der Waals surface area contributed by atoms with Gasteiger partial charge >= 0.3 is 0 Å². The van der Waals surface area contributed by atoms with Crippen LogP contribution in [0.1, 0.15) is 58.8 Å². The highest BCUT2D eigenvalue weighted by Crippen LogP contribution is 2.18. The average molecular weight is 226 g/mol. The van der Waals surface area contributed by atoms with E-state index in [1.165, 1.54) is 64.6 Å². The molecule has 0 unspecified atom stereocenters. The van der Waals surface area contributed by atoms with Crippen LogP contribution in [0.4, 0.5) is 0 Å². The van der Waals surface area contributed by atoms with Gasteiger partial charge in [0.2, 0.25) is 0 Å². The molecule has 1 aliphatic rings. The number of rotatable bonds is 11. The Hall–Kier alpha value is -0.0800. The minimum Gasteiger partial charge on any atom is -0.316 e. The molecule has 0 amide bonds. The van der Waals surface area contributed by atoms with E-state index >= 15 is 0 Å². The molecule has 0 aliphatic heterocycles. The fraction of sp³-hybridized carbons (Fsp3) is 1.00. The van der Waals surface area contributed by atoms with Gasteiger partial charge in [-0.2, -0.15) is 0 Å². The van der Waals surface area contributed by atoms with Crippen molar-refractivity contribution in [1.82, 2.24) is 10.6 Å². The van der Waals surface area contributed by atoms with Gasteiger partial charge in [-0.3, -0.25) is 0 Å². The predicted octanol–water partition coefficient (Wildman–Crippen LogP) is 2.93. The molecule has 0 saturated heterocycles. The Morgan fingerprint density at radius 3 is 2.19 bits per heavy atom. The van der Waals surface area contributed by atoms with Gasteiger partial charge in [0, 0.05) is 6.04 Å². The van der Waals surface area contributed by atoms with Gasteiger partial charge < -0.3 is 10.6 Å². The van der Waals surface area contributed by atoms with Crippen LogP contribution >= 0.6 is 0 Å². The maximum Gasteiger partial charge on any atom is 0.00682 e. The first-order valence-electron chi connectivity index (χ1n) is 7.23. The van der Waals surface area contributed by atoms with E-state index < -0.39 is 0 Å². The van der Waals surface area contributed by atoms with Crippen LogP contribution in [0.25, 0.3) is 0 Å². The van der Waals surface area contributed by atoms with E-state index in [1.54, 1.807) is 0 Å². The zero-order valence-corrected chi connectivity index (χ0v) is 11.2. The van der Waals surface area contributed by atoms with Crippen molar-refractivity contribution in [2.24, 2.45) is 5.92 Å². The Labute approximate surface area is 102 Å². The molecule has 16 heavy (non-hydrogen) atoms. The molecular weight excluding hydrogens is 196 g/mol. The maximum atomic E-state index is 3.57. The summed E-state index contributed by atoms with van der Waals surface area (Å²) >= 11 is 0. The minimum absolute atomic E-state index is 0.786. The Morgan fingerprint density at radius 2 is 1.56 bits per heavy atom. The normalized spacial score (nSPS) is 15.9. The van der Waals surface area contributed by atoms with Gasteiger partial charge in [0.25, 0.3) is 0 Å². The van der Waals surface area contributed by atoms with Crippen molar-refractivity contribution in [3.8, 4) is 0 Å². The van der Waals surface area contributed by atoms with Crippen molar-refractivity contribution < 1.29 is 0 Å². The quantitative estimate of drug-likeness (QED) is 0.529. The second-order valence-electron chi connectivity index (χ2n) is 5.59. The van der Waals surface area contributed by atoms with Crippen LogP contribution in [-0.2, 0) is 0 Å². The van der Waals surface area contributed by atoms with E-state index in [4.69, 9.17) is 0 Å². The molecule has 1 rings (SSSR count). The molecular formula is C14H30N2. The Bertz CT molecular complexity index is 143. The van der Waals surface area contributed by atoms with Crippen LogP contribution in [0.3, 0.4) is 0 Å². The maximum absolute atomic E-state index is 3.57. The van der Waals surface area contributed by atoms with E-state index in [0.29, 0.717) is 0 Å². The van der Waals surface area contributed by atoms with Crippen molar-refractivity contribution >= 4 is 0 Å². The van der Waals surface area contributed by atoms with Crippen LogP contribution in [0.2, 0.25) is 0 Å². The second-order valence-corrected chi connectivity index (χ2v) is 5.59. The third-order valence-corrected chi connectivity index (χ3v) is 3.09. The fourth-order valence-corrected chi connectivity index (χ4v) is 1.89. The van der Waals surface area contributed by atoms with Gasteiger partial charge in [-0.1, -0.05) is 33.1 Å². The second kappa shape index (κ2) is 9.00. The lowest BCUT2D eigenvalue weighted by atomic mass is 10.1. The van der Waals surface area contributed by atoms with Gasteiger partial charge in [-0.05, 0) is 51.2 Å². The lowest BCUT2D eigenvalue weighted by Crippen LogP contribution is -2.20. The third-order valence-electron chi connectivity index (χ3n) is 3.09. The van der Waals surface area contributed by atoms with E-state index in [2.05, 4.69) is 24.5 Å². The molecule has 96 valence electrons. The first-order valence-corrected chi connectivity index (χ1v) is 7.23. The molecule has 0 aromatic rings. The van der Waals surface area contributed by atoms with Gasteiger partial charge in [0.15, 0.2) is 0 Å². The molecule has 0 heterocycles. The van der Waals surface area contributed by atoms with Crippen molar-refractivity contribution in [3.63, 3.8) is 0 Å². The summed E-state index contributed by atoms with van der Waals surface area (Å²) in [7, 11) is 0. The smallest absolute Gasteiger partial charge is 0.00682 e. The van der Waals surface area contributed by atoms with E-state index in [-0.39, 0.29) is 0 Å². The lowest BCUT2D eigenvalue weighted by Gasteiger charge is -2.07. The molecule has 2 nitrogen and oxygen atoms in total. The Balaban J connectivity index is 1.64. The number of nitrogens with one attached hydrogen (secondary N) is 2. The highest BCUT2D eigenvalue weighted by molar-refractivity contribution is 4.80. The minimum atomic E-state index is 0.786. The summed E-state index contributed by atoms with van der Waals surface area (Å²) in [5, 5.41) is 7.07. The summed E-state index contributed by atoms with van der Waals surface area (Å²) in [6.07, 6.45) is 9.77. The van der Waals surface area contributed by atoms with Gasteiger partial charge in [-0.25, -0.2) is 0 Å². The summed E-state index contributed by atoms with van der Waals surface area (Å²) in [5.41, 5.74) is 0. The van der Waals surface area contributed by atoms with Crippen LogP contribution in [0, 0.1) is 5.92 Å². The van der Waals surface area contributed by atoms with Crippen LogP contribution in [0.15, 0.2) is 0 Å². The zero-order valence-electron chi connectivity index (χ0n) is 11.2. The first kappa shape index (κ1) is 14.0. The molecule has 0 bridgehead atoms. The fourth-order valence-electron chi connectivity index (χ4n) is 1.89. The predicted molar refractivity (Wildman–Crippen MR) is 71.8 cm³/mol. The van der Waals surface area contributed by atoms with Gasteiger partial charge in [0.1, 0.15) is 0 Å². The van der Waals surface area contributed by atoms with Crippen LogP contribution in [-0.4, -0.2) is 25.7 Å². The average Bonchev–Trinajstić information content (AvgIpc) is 3.04. The topological polar surface area (TPSA) is 24.1 Å². The summed E-state index contributed by atoms with van der Waals surface area (Å²) in [5.74, 6) is 0.786. The molecule has 0 radical (unpaired) electrons. The highest BCUT2D eigenvalue weighted by Gasteiger charge is 2.19. The summed E-state index contributed by atoms with van der Waals surface area (Å²) < 4.78 is 0. The van der Waals surface area contributed by atoms with E-state index in [9.17, 15) is 0 Å². The zero-order chi connectivity index (χ0) is 11.6. The molecule has 0 atom stereocenters. The van der Waals surface area contributed by atoms with Crippen LogP contribution in [0.5, 0.6) is 0 Å². The largest absolute Gasteiger partial charge is 0.316 e. The molecule has 0 aromatic heterocycles. The number of hydrogen-bond donors (Lipinski definition) is 2. The SMILES string of the molecule is CC(C)CNCCCCCCCNC1CC1. The number of hydrogen-bond acceptors (Lipinski definition) is 2. The molecule has 2 heteroatoms. The first-order chi connectivity index (χ1) is 7.79. The van der Waals surface area contributed by atoms with Crippen molar-refractivity contribution in [1.29, 1.82) is 0 Å². The third kappa shape index (κ3) is 9.17. The van der Waals surface area contributed by atoms with Gasteiger partial charge in [-0.15, -0.1) is 0 Å². The van der Waals surface area contributed by atoms with E-state index in [0.717, 1.165) is 12.0 Å².